The van der Waals surface area contributed by atoms with Gasteiger partial charge in [0.2, 0.25) is 0 Å². The molecule has 19 heavy (non-hydrogen) atoms. The zero-order valence-corrected chi connectivity index (χ0v) is 10.4. The summed E-state index contributed by atoms with van der Waals surface area (Å²) in [7, 11) is 0. The Morgan fingerprint density at radius 1 is 1.11 bits per heavy atom. The molecule has 0 N–H and O–H groups in total. The van der Waals surface area contributed by atoms with E-state index in [-0.39, 0.29) is 0 Å². The Labute approximate surface area is 112 Å². The van der Waals surface area contributed by atoms with Gasteiger partial charge in [0, 0.05) is 6.42 Å². The number of nitrogens with zero attached hydrogens (tertiary/aromatic N) is 1. The Hall–Kier alpha value is -2.60. The van der Waals surface area contributed by atoms with Crippen LogP contribution in [0, 0.1) is 11.3 Å². The first-order chi connectivity index (χ1) is 9.31. The fraction of sp³-hybridized carbons (Fsp3) is 0.125. The van der Waals surface area contributed by atoms with Crippen molar-refractivity contribution >= 4 is 6.29 Å². The lowest BCUT2D eigenvalue weighted by molar-refractivity contribution is -0.107. The van der Waals surface area contributed by atoms with Crippen LogP contribution in [0.15, 0.2) is 48.5 Å². The van der Waals surface area contributed by atoms with Gasteiger partial charge in [-0.2, -0.15) is 5.26 Å². The third-order valence-corrected chi connectivity index (χ3v) is 2.70. The summed E-state index contributed by atoms with van der Waals surface area (Å²) in [6.45, 7) is 0.419. The van der Waals surface area contributed by atoms with E-state index in [2.05, 4.69) is 6.07 Å². The van der Waals surface area contributed by atoms with Crippen molar-refractivity contribution in [3.05, 3.63) is 65.2 Å². The van der Waals surface area contributed by atoms with Crippen LogP contribution >= 0.6 is 0 Å². The van der Waals surface area contributed by atoms with E-state index < -0.39 is 0 Å². The molecule has 0 fully saturated rings. The second kappa shape index (κ2) is 6.36. The summed E-state index contributed by atoms with van der Waals surface area (Å²) in [6, 6.07) is 16.8. The van der Waals surface area contributed by atoms with Crippen molar-refractivity contribution in [3.8, 4) is 11.8 Å². The SMILES string of the molecule is N#Cc1cccc(COc2ccc(CC=O)cc2)c1. The monoisotopic (exact) mass is 251 g/mol. The summed E-state index contributed by atoms with van der Waals surface area (Å²) in [5, 5.41) is 8.81. The van der Waals surface area contributed by atoms with E-state index in [9.17, 15) is 4.79 Å². The molecule has 2 rings (SSSR count). The van der Waals surface area contributed by atoms with Gasteiger partial charge in [0.1, 0.15) is 18.6 Å². The van der Waals surface area contributed by atoms with Crippen molar-refractivity contribution in [1.82, 2.24) is 0 Å². The van der Waals surface area contributed by atoms with Gasteiger partial charge in [-0.25, -0.2) is 0 Å². The molecule has 0 saturated heterocycles. The number of rotatable bonds is 5. The minimum Gasteiger partial charge on any atom is -0.489 e. The molecule has 0 radical (unpaired) electrons. The van der Waals surface area contributed by atoms with Crippen LogP contribution in [0.5, 0.6) is 5.75 Å². The molecule has 0 bridgehead atoms. The van der Waals surface area contributed by atoms with Gasteiger partial charge in [-0.15, -0.1) is 0 Å². The standard InChI is InChI=1S/C16H13NO2/c17-11-14-2-1-3-15(10-14)12-19-16-6-4-13(5-7-16)8-9-18/h1-7,9-10H,8,12H2. The molecule has 0 aliphatic rings. The maximum Gasteiger partial charge on any atom is 0.124 e. The Morgan fingerprint density at radius 2 is 1.89 bits per heavy atom. The molecule has 0 spiro atoms. The Morgan fingerprint density at radius 3 is 2.58 bits per heavy atom. The highest BCUT2D eigenvalue weighted by molar-refractivity contribution is 5.55. The molecule has 0 amide bonds. The maximum absolute atomic E-state index is 10.4. The summed E-state index contributed by atoms with van der Waals surface area (Å²) in [4.78, 5) is 10.4. The zero-order chi connectivity index (χ0) is 13.5. The molecule has 2 aromatic carbocycles. The van der Waals surface area contributed by atoms with Crippen LogP contribution in [0.4, 0.5) is 0 Å². The van der Waals surface area contributed by atoms with E-state index in [0.29, 0.717) is 18.6 Å². The van der Waals surface area contributed by atoms with Crippen molar-refractivity contribution in [2.45, 2.75) is 13.0 Å². The van der Waals surface area contributed by atoms with Crippen molar-refractivity contribution in [3.63, 3.8) is 0 Å². The van der Waals surface area contributed by atoms with Crippen LogP contribution in [-0.2, 0) is 17.8 Å². The highest BCUT2D eigenvalue weighted by Crippen LogP contribution is 2.14. The highest BCUT2D eigenvalue weighted by atomic mass is 16.5. The van der Waals surface area contributed by atoms with Crippen LogP contribution < -0.4 is 4.74 Å². The van der Waals surface area contributed by atoms with Gasteiger partial charge < -0.3 is 9.53 Å². The predicted octanol–water partition coefficient (Wildman–Crippen LogP) is 2.88. The number of nitriles is 1. The van der Waals surface area contributed by atoms with Crippen LogP contribution in [0.1, 0.15) is 16.7 Å². The van der Waals surface area contributed by atoms with Gasteiger partial charge in [0.05, 0.1) is 11.6 Å². The summed E-state index contributed by atoms with van der Waals surface area (Å²) in [5.74, 6) is 0.747. The molecule has 0 aliphatic carbocycles. The molecule has 2 aromatic rings. The topological polar surface area (TPSA) is 50.1 Å². The molecule has 0 aliphatic heterocycles. The van der Waals surface area contributed by atoms with E-state index in [1.54, 1.807) is 12.1 Å². The normalized spacial score (nSPS) is 9.63. The molecule has 0 atom stereocenters. The molecular formula is C16H13NO2. The second-order valence-corrected chi connectivity index (χ2v) is 4.12. The van der Waals surface area contributed by atoms with Crippen molar-refractivity contribution in [2.75, 3.05) is 0 Å². The summed E-state index contributed by atoms with van der Waals surface area (Å²) in [6.07, 6.45) is 1.30. The first-order valence-electron chi connectivity index (χ1n) is 5.96. The fourth-order valence-corrected chi connectivity index (χ4v) is 1.72. The number of hydrogen-bond donors (Lipinski definition) is 0. The Bertz CT molecular complexity index is 597. The average molecular weight is 251 g/mol. The smallest absolute Gasteiger partial charge is 0.124 e. The molecule has 94 valence electrons. The van der Waals surface area contributed by atoms with Gasteiger partial charge in [0.25, 0.3) is 0 Å². The van der Waals surface area contributed by atoms with E-state index in [1.807, 2.05) is 36.4 Å². The van der Waals surface area contributed by atoms with E-state index in [1.165, 1.54) is 0 Å². The third kappa shape index (κ3) is 3.68. The average Bonchev–Trinajstić information content (AvgIpc) is 2.47. The Kier molecular flexibility index (Phi) is 4.30. The number of aldehydes is 1. The van der Waals surface area contributed by atoms with Crippen molar-refractivity contribution in [2.24, 2.45) is 0 Å². The number of hydrogen-bond acceptors (Lipinski definition) is 3. The minimum absolute atomic E-state index is 0.419. The van der Waals surface area contributed by atoms with Gasteiger partial charge >= 0.3 is 0 Å². The minimum atomic E-state index is 0.419. The largest absolute Gasteiger partial charge is 0.489 e. The lowest BCUT2D eigenvalue weighted by atomic mass is 10.1. The van der Waals surface area contributed by atoms with Crippen LogP contribution in [-0.4, -0.2) is 6.29 Å². The predicted molar refractivity (Wildman–Crippen MR) is 71.7 cm³/mol. The van der Waals surface area contributed by atoms with Crippen LogP contribution in [0.25, 0.3) is 0 Å². The Balaban J connectivity index is 1.98. The van der Waals surface area contributed by atoms with E-state index in [4.69, 9.17) is 10.00 Å². The third-order valence-electron chi connectivity index (χ3n) is 2.70. The summed E-state index contributed by atoms with van der Waals surface area (Å²) in [5.41, 5.74) is 2.55. The molecule has 0 unspecified atom stereocenters. The summed E-state index contributed by atoms with van der Waals surface area (Å²) >= 11 is 0. The number of carbonyl (C=O) groups is 1. The van der Waals surface area contributed by atoms with Gasteiger partial charge in [-0.1, -0.05) is 24.3 Å². The maximum atomic E-state index is 10.4. The number of carbonyl (C=O) groups excluding carboxylic acids is 1. The number of benzene rings is 2. The quantitative estimate of drug-likeness (QED) is 0.768. The lowest BCUT2D eigenvalue weighted by Gasteiger charge is -2.07. The molecular weight excluding hydrogens is 238 g/mol. The first kappa shape index (κ1) is 12.8. The second-order valence-electron chi connectivity index (χ2n) is 4.12. The van der Waals surface area contributed by atoms with Crippen molar-refractivity contribution < 1.29 is 9.53 Å². The first-order valence-corrected chi connectivity index (χ1v) is 5.96. The van der Waals surface area contributed by atoms with E-state index in [0.717, 1.165) is 23.2 Å². The molecule has 0 heterocycles. The highest BCUT2D eigenvalue weighted by Gasteiger charge is 1.98. The van der Waals surface area contributed by atoms with Gasteiger partial charge in [-0.3, -0.25) is 0 Å². The lowest BCUT2D eigenvalue weighted by Crippen LogP contribution is -1.96. The molecule has 3 heteroatoms. The van der Waals surface area contributed by atoms with Crippen molar-refractivity contribution in [1.29, 1.82) is 5.26 Å². The number of ether oxygens (including phenoxy) is 1. The molecule has 3 nitrogen and oxygen atoms in total. The van der Waals surface area contributed by atoms with Crippen LogP contribution in [0.3, 0.4) is 0 Å². The summed E-state index contributed by atoms with van der Waals surface area (Å²) < 4.78 is 5.63. The van der Waals surface area contributed by atoms with Crippen LogP contribution in [0.2, 0.25) is 0 Å². The van der Waals surface area contributed by atoms with E-state index >= 15 is 0 Å². The molecule has 0 aromatic heterocycles. The van der Waals surface area contributed by atoms with Gasteiger partial charge in [0.15, 0.2) is 0 Å². The fourth-order valence-electron chi connectivity index (χ4n) is 1.72. The molecule has 0 saturated carbocycles. The van der Waals surface area contributed by atoms with Gasteiger partial charge in [-0.05, 0) is 35.4 Å². The zero-order valence-electron chi connectivity index (χ0n) is 10.4.